The summed E-state index contributed by atoms with van der Waals surface area (Å²) in [6.45, 7) is 2.36. The summed E-state index contributed by atoms with van der Waals surface area (Å²) in [6, 6.07) is 5.52. The normalized spacial score (nSPS) is 10.5. The van der Waals surface area contributed by atoms with Gasteiger partial charge in [-0.25, -0.2) is 9.97 Å². The van der Waals surface area contributed by atoms with Crippen LogP contribution in [-0.4, -0.2) is 22.1 Å². The summed E-state index contributed by atoms with van der Waals surface area (Å²) >= 11 is 5.95. The summed E-state index contributed by atoms with van der Waals surface area (Å²) in [4.78, 5) is 12.8. The molecular formula is C12H12ClN3O. The van der Waals surface area contributed by atoms with E-state index in [1.54, 1.807) is 19.4 Å². The topological polar surface area (TPSA) is 47.9 Å². The molecule has 0 radical (unpaired) electrons. The van der Waals surface area contributed by atoms with Crippen LogP contribution in [0.4, 0.5) is 0 Å². The Bertz CT molecular complexity index is 531. The van der Waals surface area contributed by atoms with Crippen LogP contribution < -0.4 is 0 Å². The Morgan fingerprint density at radius 1 is 1.35 bits per heavy atom. The van der Waals surface area contributed by atoms with Gasteiger partial charge in [-0.3, -0.25) is 4.98 Å². The van der Waals surface area contributed by atoms with Crippen LogP contribution in [0.25, 0.3) is 11.5 Å². The minimum absolute atomic E-state index is 0.395. The lowest BCUT2D eigenvalue weighted by molar-refractivity contribution is 0.181. The van der Waals surface area contributed by atoms with Crippen molar-refractivity contribution in [3.8, 4) is 11.5 Å². The van der Waals surface area contributed by atoms with E-state index >= 15 is 0 Å². The number of ether oxygens (including phenoxy) is 1. The molecular weight excluding hydrogens is 238 g/mol. The molecule has 2 aromatic rings. The fourth-order valence-electron chi connectivity index (χ4n) is 1.51. The lowest BCUT2D eigenvalue weighted by atomic mass is 10.2. The van der Waals surface area contributed by atoms with Crippen LogP contribution in [0.2, 0.25) is 5.15 Å². The van der Waals surface area contributed by atoms with Crippen molar-refractivity contribution in [3.05, 3.63) is 40.8 Å². The van der Waals surface area contributed by atoms with Gasteiger partial charge in [-0.2, -0.15) is 0 Å². The SMILES string of the molecule is COCc1cc(Cl)nc(-c2ncccc2C)n1. The number of aromatic nitrogens is 3. The second-order valence-corrected chi connectivity index (χ2v) is 3.99. The van der Waals surface area contributed by atoms with E-state index in [1.165, 1.54) is 0 Å². The highest BCUT2D eigenvalue weighted by atomic mass is 35.5. The first kappa shape index (κ1) is 12.0. The molecule has 0 aromatic carbocycles. The minimum Gasteiger partial charge on any atom is -0.378 e. The molecule has 2 aromatic heterocycles. The Morgan fingerprint density at radius 2 is 2.18 bits per heavy atom. The van der Waals surface area contributed by atoms with Gasteiger partial charge in [-0.05, 0) is 24.6 Å². The highest BCUT2D eigenvalue weighted by Crippen LogP contribution is 2.19. The molecule has 0 aliphatic carbocycles. The first-order valence-electron chi connectivity index (χ1n) is 5.15. The predicted molar refractivity (Wildman–Crippen MR) is 65.7 cm³/mol. The second kappa shape index (κ2) is 5.21. The largest absolute Gasteiger partial charge is 0.378 e. The molecule has 0 aliphatic rings. The van der Waals surface area contributed by atoms with Crippen molar-refractivity contribution in [3.63, 3.8) is 0 Å². The number of hydrogen-bond donors (Lipinski definition) is 0. The zero-order valence-corrected chi connectivity index (χ0v) is 10.4. The van der Waals surface area contributed by atoms with Crippen molar-refractivity contribution in [2.24, 2.45) is 0 Å². The zero-order valence-electron chi connectivity index (χ0n) is 9.64. The van der Waals surface area contributed by atoms with Gasteiger partial charge in [0.2, 0.25) is 0 Å². The van der Waals surface area contributed by atoms with E-state index in [0.717, 1.165) is 17.0 Å². The number of nitrogens with zero attached hydrogens (tertiary/aromatic N) is 3. The molecule has 0 spiro atoms. The van der Waals surface area contributed by atoms with Crippen molar-refractivity contribution in [1.82, 2.24) is 15.0 Å². The van der Waals surface area contributed by atoms with Crippen molar-refractivity contribution < 1.29 is 4.74 Å². The molecule has 0 unspecified atom stereocenters. The minimum atomic E-state index is 0.395. The maximum atomic E-state index is 5.95. The predicted octanol–water partition coefficient (Wildman–Crippen LogP) is 2.65. The van der Waals surface area contributed by atoms with E-state index in [2.05, 4.69) is 15.0 Å². The molecule has 0 atom stereocenters. The lowest BCUT2D eigenvalue weighted by Gasteiger charge is -2.05. The van der Waals surface area contributed by atoms with Crippen LogP contribution in [0.1, 0.15) is 11.3 Å². The molecule has 0 bridgehead atoms. The third-order valence-electron chi connectivity index (χ3n) is 2.26. The van der Waals surface area contributed by atoms with Gasteiger partial charge in [0, 0.05) is 13.3 Å². The standard InChI is InChI=1S/C12H12ClN3O/c1-8-4-3-5-14-11(8)12-15-9(7-17-2)6-10(13)16-12/h3-6H,7H2,1-2H3. The first-order valence-corrected chi connectivity index (χ1v) is 5.53. The van der Waals surface area contributed by atoms with Crippen molar-refractivity contribution in [2.75, 3.05) is 7.11 Å². The number of halogens is 1. The molecule has 5 heteroatoms. The molecule has 17 heavy (non-hydrogen) atoms. The van der Waals surface area contributed by atoms with Crippen LogP contribution in [0.3, 0.4) is 0 Å². The maximum Gasteiger partial charge on any atom is 0.180 e. The zero-order chi connectivity index (χ0) is 12.3. The van der Waals surface area contributed by atoms with Gasteiger partial charge in [-0.1, -0.05) is 17.7 Å². The molecule has 0 saturated heterocycles. The van der Waals surface area contributed by atoms with Gasteiger partial charge < -0.3 is 4.74 Å². The van der Waals surface area contributed by atoms with Gasteiger partial charge in [-0.15, -0.1) is 0 Å². The van der Waals surface area contributed by atoms with Crippen LogP contribution in [0.15, 0.2) is 24.4 Å². The lowest BCUT2D eigenvalue weighted by Crippen LogP contribution is -2.00. The second-order valence-electron chi connectivity index (χ2n) is 3.61. The number of aryl methyl sites for hydroxylation is 1. The molecule has 4 nitrogen and oxygen atoms in total. The fourth-order valence-corrected chi connectivity index (χ4v) is 1.72. The Labute approximate surface area is 105 Å². The average Bonchev–Trinajstić information content (AvgIpc) is 2.29. The van der Waals surface area contributed by atoms with E-state index in [0.29, 0.717) is 17.6 Å². The molecule has 0 saturated carbocycles. The van der Waals surface area contributed by atoms with Crippen LogP contribution in [0, 0.1) is 6.92 Å². The van der Waals surface area contributed by atoms with E-state index in [4.69, 9.17) is 16.3 Å². The molecule has 2 rings (SSSR count). The van der Waals surface area contributed by atoms with Gasteiger partial charge >= 0.3 is 0 Å². The molecule has 0 fully saturated rings. The Balaban J connectivity index is 2.48. The van der Waals surface area contributed by atoms with Crippen LogP contribution in [-0.2, 0) is 11.3 Å². The number of methoxy groups -OCH3 is 1. The fraction of sp³-hybridized carbons (Fsp3) is 0.250. The summed E-state index contributed by atoms with van der Waals surface area (Å²) in [7, 11) is 1.61. The first-order chi connectivity index (χ1) is 8.20. The van der Waals surface area contributed by atoms with Gasteiger partial charge in [0.05, 0.1) is 12.3 Å². The number of pyridine rings is 1. The quantitative estimate of drug-likeness (QED) is 0.785. The van der Waals surface area contributed by atoms with Crippen molar-refractivity contribution >= 4 is 11.6 Å². The van der Waals surface area contributed by atoms with Gasteiger partial charge in [0.15, 0.2) is 5.82 Å². The average molecular weight is 250 g/mol. The number of rotatable bonds is 3. The van der Waals surface area contributed by atoms with E-state index in [9.17, 15) is 0 Å². The van der Waals surface area contributed by atoms with Crippen molar-refractivity contribution in [1.29, 1.82) is 0 Å². The molecule has 0 aliphatic heterocycles. The molecule has 88 valence electrons. The summed E-state index contributed by atoms with van der Waals surface area (Å²) in [5.74, 6) is 0.530. The highest BCUT2D eigenvalue weighted by molar-refractivity contribution is 6.29. The van der Waals surface area contributed by atoms with E-state index in [1.807, 2.05) is 19.1 Å². The Kier molecular flexibility index (Phi) is 3.66. The smallest absolute Gasteiger partial charge is 0.180 e. The third kappa shape index (κ3) is 2.78. The van der Waals surface area contributed by atoms with Gasteiger partial charge in [0.25, 0.3) is 0 Å². The monoisotopic (exact) mass is 249 g/mol. The Morgan fingerprint density at radius 3 is 2.88 bits per heavy atom. The summed E-state index contributed by atoms with van der Waals surface area (Å²) < 4.78 is 5.03. The number of hydrogen-bond acceptors (Lipinski definition) is 4. The molecule has 0 amide bonds. The highest BCUT2D eigenvalue weighted by Gasteiger charge is 2.09. The summed E-state index contributed by atoms with van der Waals surface area (Å²) in [5.41, 5.74) is 2.50. The van der Waals surface area contributed by atoms with Gasteiger partial charge in [0.1, 0.15) is 10.8 Å². The molecule has 2 heterocycles. The summed E-state index contributed by atoms with van der Waals surface area (Å²) in [5, 5.41) is 0.395. The third-order valence-corrected chi connectivity index (χ3v) is 2.46. The molecule has 0 N–H and O–H groups in total. The Hall–Kier alpha value is -1.52. The summed E-state index contributed by atoms with van der Waals surface area (Å²) in [6.07, 6.45) is 1.71. The van der Waals surface area contributed by atoms with Crippen LogP contribution >= 0.6 is 11.6 Å². The maximum absolute atomic E-state index is 5.95. The van der Waals surface area contributed by atoms with Crippen LogP contribution in [0.5, 0.6) is 0 Å². The van der Waals surface area contributed by atoms with E-state index in [-0.39, 0.29) is 0 Å². The van der Waals surface area contributed by atoms with E-state index < -0.39 is 0 Å². The van der Waals surface area contributed by atoms with Crippen molar-refractivity contribution in [2.45, 2.75) is 13.5 Å².